The number of hydrogen-bond acceptors (Lipinski definition) is 4. The third-order valence-electron chi connectivity index (χ3n) is 3.30. The molecule has 0 saturated heterocycles. The molecule has 94 valence electrons. The van der Waals surface area contributed by atoms with Crippen LogP contribution in [0.4, 0.5) is 11.4 Å². The standard InChI is InChI=1S/C13H15N3O2/c14-9-10-8-12(16(17)18)6-7-13(10)15-11-4-2-1-3-5-11/h6-8,11,15H,1-5H2. The van der Waals surface area contributed by atoms with Gasteiger partial charge in [-0.1, -0.05) is 19.3 Å². The van der Waals surface area contributed by atoms with Crippen LogP contribution in [0, 0.1) is 21.4 Å². The van der Waals surface area contributed by atoms with Crippen molar-refractivity contribution in [2.45, 2.75) is 38.1 Å². The Balaban J connectivity index is 2.17. The van der Waals surface area contributed by atoms with Gasteiger partial charge < -0.3 is 5.32 Å². The smallest absolute Gasteiger partial charge is 0.270 e. The van der Waals surface area contributed by atoms with E-state index in [1.165, 1.54) is 31.4 Å². The Kier molecular flexibility index (Phi) is 3.78. The molecule has 1 fully saturated rings. The van der Waals surface area contributed by atoms with E-state index >= 15 is 0 Å². The summed E-state index contributed by atoms with van der Waals surface area (Å²) < 4.78 is 0. The molecule has 0 aliphatic heterocycles. The van der Waals surface area contributed by atoms with Crippen molar-refractivity contribution in [1.82, 2.24) is 0 Å². The maximum absolute atomic E-state index is 10.6. The van der Waals surface area contributed by atoms with Gasteiger partial charge >= 0.3 is 0 Å². The zero-order valence-corrected chi connectivity index (χ0v) is 10.1. The monoisotopic (exact) mass is 245 g/mol. The van der Waals surface area contributed by atoms with Crippen molar-refractivity contribution >= 4 is 11.4 Å². The molecule has 5 heteroatoms. The van der Waals surface area contributed by atoms with Crippen LogP contribution in [0.1, 0.15) is 37.7 Å². The van der Waals surface area contributed by atoms with Gasteiger partial charge in [0.15, 0.2) is 0 Å². The summed E-state index contributed by atoms with van der Waals surface area (Å²) in [4.78, 5) is 10.2. The first kappa shape index (κ1) is 12.4. The summed E-state index contributed by atoms with van der Waals surface area (Å²) in [6, 6.07) is 6.79. The predicted octanol–water partition coefficient (Wildman–Crippen LogP) is 3.21. The van der Waals surface area contributed by atoms with E-state index in [1.54, 1.807) is 6.07 Å². The molecule has 0 spiro atoms. The highest BCUT2D eigenvalue weighted by atomic mass is 16.6. The Morgan fingerprint density at radius 2 is 2.06 bits per heavy atom. The number of nitro benzene ring substituents is 1. The van der Waals surface area contributed by atoms with Gasteiger partial charge in [0, 0.05) is 18.2 Å². The molecular weight excluding hydrogens is 230 g/mol. The average Bonchev–Trinajstić information content (AvgIpc) is 2.40. The van der Waals surface area contributed by atoms with Gasteiger partial charge in [0.25, 0.3) is 5.69 Å². The topological polar surface area (TPSA) is 79.0 Å². The van der Waals surface area contributed by atoms with Crippen molar-refractivity contribution in [3.8, 4) is 6.07 Å². The SMILES string of the molecule is N#Cc1cc([N+](=O)[O-])ccc1NC1CCCCC1. The van der Waals surface area contributed by atoms with Crippen molar-refractivity contribution in [2.75, 3.05) is 5.32 Å². The van der Waals surface area contributed by atoms with Crippen LogP contribution in [-0.4, -0.2) is 11.0 Å². The van der Waals surface area contributed by atoms with E-state index in [1.807, 2.05) is 6.07 Å². The molecular formula is C13H15N3O2. The van der Waals surface area contributed by atoms with Crippen LogP contribution in [0.15, 0.2) is 18.2 Å². The van der Waals surface area contributed by atoms with Gasteiger partial charge in [0.2, 0.25) is 0 Å². The van der Waals surface area contributed by atoms with E-state index in [-0.39, 0.29) is 5.69 Å². The first-order chi connectivity index (χ1) is 8.70. The molecule has 0 bridgehead atoms. The van der Waals surface area contributed by atoms with Crippen LogP contribution in [0.2, 0.25) is 0 Å². The molecule has 0 heterocycles. The van der Waals surface area contributed by atoms with Gasteiger partial charge in [0.1, 0.15) is 6.07 Å². The molecule has 1 aromatic carbocycles. The van der Waals surface area contributed by atoms with Crippen LogP contribution >= 0.6 is 0 Å². The summed E-state index contributed by atoms with van der Waals surface area (Å²) >= 11 is 0. The quantitative estimate of drug-likeness (QED) is 0.655. The van der Waals surface area contributed by atoms with E-state index in [2.05, 4.69) is 5.32 Å². The fourth-order valence-electron chi connectivity index (χ4n) is 2.33. The van der Waals surface area contributed by atoms with Crippen LogP contribution in [0.3, 0.4) is 0 Å². The molecule has 0 amide bonds. The Morgan fingerprint density at radius 1 is 1.33 bits per heavy atom. The lowest BCUT2D eigenvalue weighted by Crippen LogP contribution is -2.22. The van der Waals surface area contributed by atoms with Gasteiger partial charge in [0.05, 0.1) is 16.2 Å². The van der Waals surface area contributed by atoms with Gasteiger partial charge in [-0.3, -0.25) is 10.1 Å². The molecule has 1 aliphatic carbocycles. The lowest BCUT2D eigenvalue weighted by Gasteiger charge is -2.24. The molecule has 2 rings (SSSR count). The number of anilines is 1. The predicted molar refractivity (Wildman–Crippen MR) is 68.3 cm³/mol. The fraction of sp³-hybridized carbons (Fsp3) is 0.462. The summed E-state index contributed by atoms with van der Waals surface area (Å²) in [5.74, 6) is 0. The van der Waals surface area contributed by atoms with Gasteiger partial charge in [-0.25, -0.2) is 0 Å². The number of nitro groups is 1. The van der Waals surface area contributed by atoms with E-state index in [9.17, 15) is 10.1 Å². The van der Waals surface area contributed by atoms with Crippen LogP contribution in [0.5, 0.6) is 0 Å². The highest BCUT2D eigenvalue weighted by molar-refractivity contribution is 5.61. The Hall–Kier alpha value is -2.09. The summed E-state index contributed by atoms with van der Waals surface area (Å²) in [5.41, 5.74) is 1.01. The summed E-state index contributed by atoms with van der Waals surface area (Å²) in [6.07, 6.45) is 5.87. The van der Waals surface area contributed by atoms with Crippen molar-refractivity contribution in [1.29, 1.82) is 5.26 Å². The minimum atomic E-state index is -0.481. The second kappa shape index (κ2) is 5.50. The number of nitrogens with zero attached hydrogens (tertiary/aromatic N) is 2. The highest BCUT2D eigenvalue weighted by Crippen LogP contribution is 2.26. The first-order valence-corrected chi connectivity index (χ1v) is 6.16. The van der Waals surface area contributed by atoms with E-state index in [4.69, 9.17) is 5.26 Å². The van der Waals surface area contributed by atoms with Crippen molar-refractivity contribution in [2.24, 2.45) is 0 Å². The van der Waals surface area contributed by atoms with Crippen molar-refractivity contribution in [3.05, 3.63) is 33.9 Å². The molecule has 5 nitrogen and oxygen atoms in total. The third-order valence-corrected chi connectivity index (χ3v) is 3.30. The van der Waals surface area contributed by atoms with Gasteiger partial charge in [-0.05, 0) is 18.9 Å². The van der Waals surface area contributed by atoms with Crippen molar-refractivity contribution < 1.29 is 4.92 Å². The third kappa shape index (κ3) is 2.77. The molecule has 1 aliphatic rings. The summed E-state index contributed by atoms with van der Waals surface area (Å²) in [7, 11) is 0. The van der Waals surface area contributed by atoms with E-state index in [0.29, 0.717) is 17.3 Å². The second-order valence-corrected chi connectivity index (χ2v) is 4.58. The lowest BCUT2D eigenvalue weighted by atomic mass is 9.95. The number of rotatable bonds is 3. The summed E-state index contributed by atoms with van der Waals surface area (Å²) in [6.45, 7) is 0. The van der Waals surface area contributed by atoms with Crippen molar-refractivity contribution in [3.63, 3.8) is 0 Å². The minimum absolute atomic E-state index is 0.0410. The summed E-state index contributed by atoms with van der Waals surface area (Å²) in [5, 5.41) is 23.0. The Morgan fingerprint density at radius 3 is 2.67 bits per heavy atom. The molecule has 0 aromatic heterocycles. The minimum Gasteiger partial charge on any atom is -0.381 e. The fourth-order valence-corrected chi connectivity index (χ4v) is 2.33. The van der Waals surface area contributed by atoms with Gasteiger partial charge in [-0.2, -0.15) is 5.26 Å². The molecule has 1 N–H and O–H groups in total. The highest BCUT2D eigenvalue weighted by Gasteiger charge is 2.16. The number of benzene rings is 1. The van der Waals surface area contributed by atoms with Crippen LogP contribution < -0.4 is 5.32 Å². The first-order valence-electron chi connectivity index (χ1n) is 6.16. The average molecular weight is 245 g/mol. The van der Waals surface area contributed by atoms with E-state index < -0.39 is 4.92 Å². The molecule has 18 heavy (non-hydrogen) atoms. The molecule has 0 radical (unpaired) electrons. The molecule has 0 atom stereocenters. The van der Waals surface area contributed by atoms with Crippen LogP contribution in [-0.2, 0) is 0 Å². The van der Waals surface area contributed by atoms with E-state index in [0.717, 1.165) is 12.8 Å². The Bertz CT molecular complexity index is 487. The molecule has 1 aromatic rings. The van der Waals surface area contributed by atoms with Crippen LogP contribution in [0.25, 0.3) is 0 Å². The number of nitrogens with one attached hydrogen (secondary N) is 1. The maximum atomic E-state index is 10.6. The van der Waals surface area contributed by atoms with Gasteiger partial charge in [-0.15, -0.1) is 0 Å². The molecule has 0 unspecified atom stereocenters. The normalized spacial score (nSPS) is 15.9. The zero-order chi connectivity index (χ0) is 13.0. The second-order valence-electron chi connectivity index (χ2n) is 4.58. The Labute approximate surface area is 106 Å². The number of hydrogen-bond donors (Lipinski definition) is 1. The number of nitriles is 1. The number of non-ortho nitro benzene ring substituents is 1. The molecule has 1 saturated carbocycles. The maximum Gasteiger partial charge on any atom is 0.270 e. The zero-order valence-electron chi connectivity index (χ0n) is 10.1. The largest absolute Gasteiger partial charge is 0.381 e. The lowest BCUT2D eigenvalue weighted by molar-refractivity contribution is -0.384.